The van der Waals surface area contributed by atoms with Gasteiger partial charge in [0, 0.05) is 5.54 Å². The number of nitrogens with one attached hydrogen (secondary N) is 1. The van der Waals surface area contributed by atoms with E-state index in [2.05, 4.69) is 12.2 Å². The SMILES string of the molecule is CCCC1(NCOCc2ccc(OC)cc2)CC1. The first kappa shape index (κ1) is 13.4. The van der Waals surface area contributed by atoms with E-state index in [4.69, 9.17) is 9.47 Å². The maximum Gasteiger partial charge on any atom is 0.118 e. The van der Waals surface area contributed by atoms with E-state index < -0.39 is 0 Å². The van der Waals surface area contributed by atoms with Crippen LogP contribution in [0.25, 0.3) is 0 Å². The standard InChI is InChI=1S/C15H23NO2/c1-3-8-15(9-10-15)16-12-18-11-13-4-6-14(17-2)7-5-13/h4-7,16H,3,8-12H2,1-2H3. The molecule has 1 aliphatic rings. The van der Waals surface area contributed by atoms with Crippen LogP contribution in [0.15, 0.2) is 24.3 Å². The maximum atomic E-state index is 5.66. The van der Waals surface area contributed by atoms with E-state index >= 15 is 0 Å². The van der Waals surface area contributed by atoms with Crippen molar-refractivity contribution in [2.24, 2.45) is 0 Å². The van der Waals surface area contributed by atoms with Gasteiger partial charge in [-0.1, -0.05) is 25.5 Å². The maximum absolute atomic E-state index is 5.66. The van der Waals surface area contributed by atoms with Crippen molar-refractivity contribution in [1.82, 2.24) is 5.32 Å². The second-order valence-electron chi connectivity index (χ2n) is 5.05. The van der Waals surface area contributed by atoms with Crippen LogP contribution in [0.2, 0.25) is 0 Å². The molecule has 0 atom stereocenters. The third-order valence-electron chi connectivity index (χ3n) is 3.56. The molecule has 0 aliphatic heterocycles. The first-order valence-electron chi connectivity index (χ1n) is 6.74. The summed E-state index contributed by atoms with van der Waals surface area (Å²) in [6, 6.07) is 8.01. The fourth-order valence-corrected chi connectivity index (χ4v) is 2.24. The van der Waals surface area contributed by atoms with Gasteiger partial charge in [-0.2, -0.15) is 0 Å². The number of hydrogen-bond acceptors (Lipinski definition) is 3. The number of methoxy groups -OCH3 is 1. The molecule has 1 N–H and O–H groups in total. The molecule has 0 amide bonds. The lowest BCUT2D eigenvalue weighted by Crippen LogP contribution is -2.32. The van der Waals surface area contributed by atoms with E-state index in [1.54, 1.807) is 7.11 Å². The van der Waals surface area contributed by atoms with Crippen LogP contribution >= 0.6 is 0 Å². The van der Waals surface area contributed by atoms with Gasteiger partial charge < -0.3 is 9.47 Å². The highest BCUT2D eigenvalue weighted by atomic mass is 16.5. The van der Waals surface area contributed by atoms with Crippen molar-refractivity contribution in [2.75, 3.05) is 13.8 Å². The van der Waals surface area contributed by atoms with Crippen LogP contribution in [-0.2, 0) is 11.3 Å². The Bertz CT molecular complexity index is 357. The molecule has 100 valence electrons. The molecule has 0 radical (unpaired) electrons. The van der Waals surface area contributed by atoms with E-state index in [1.807, 2.05) is 24.3 Å². The van der Waals surface area contributed by atoms with E-state index in [0.717, 1.165) is 5.75 Å². The Kier molecular flexibility index (Phi) is 4.61. The molecule has 3 nitrogen and oxygen atoms in total. The summed E-state index contributed by atoms with van der Waals surface area (Å²) in [5, 5.41) is 3.52. The summed E-state index contributed by atoms with van der Waals surface area (Å²) < 4.78 is 10.8. The third-order valence-corrected chi connectivity index (χ3v) is 3.56. The number of benzene rings is 1. The minimum absolute atomic E-state index is 0.397. The molecule has 2 rings (SSSR count). The summed E-state index contributed by atoms with van der Waals surface area (Å²) in [5.41, 5.74) is 1.58. The second-order valence-corrected chi connectivity index (χ2v) is 5.05. The van der Waals surface area contributed by atoms with Crippen LogP contribution in [-0.4, -0.2) is 19.4 Å². The van der Waals surface area contributed by atoms with Crippen molar-refractivity contribution in [3.8, 4) is 5.75 Å². The second kappa shape index (κ2) is 6.21. The van der Waals surface area contributed by atoms with Crippen LogP contribution in [0.5, 0.6) is 5.75 Å². The Labute approximate surface area is 109 Å². The lowest BCUT2D eigenvalue weighted by Gasteiger charge is -2.16. The van der Waals surface area contributed by atoms with Crippen LogP contribution in [0.1, 0.15) is 38.2 Å². The fourth-order valence-electron chi connectivity index (χ4n) is 2.24. The van der Waals surface area contributed by atoms with Gasteiger partial charge in [-0.15, -0.1) is 0 Å². The number of ether oxygens (including phenoxy) is 2. The van der Waals surface area contributed by atoms with Gasteiger partial charge in [0.25, 0.3) is 0 Å². The van der Waals surface area contributed by atoms with E-state index in [1.165, 1.54) is 31.2 Å². The molecule has 3 heteroatoms. The van der Waals surface area contributed by atoms with Crippen molar-refractivity contribution in [1.29, 1.82) is 0 Å². The van der Waals surface area contributed by atoms with Crippen molar-refractivity contribution < 1.29 is 9.47 Å². The van der Waals surface area contributed by atoms with Crippen molar-refractivity contribution >= 4 is 0 Å². The highest BCUT2D eigenvalue weighted by molar-refractivity contribution is 5.26. The summed E-state index contributed by atoms with van der Waals surface area (Å²) >= 11 is 0. The summed E-state index contributed by atoms with van der Waals surface area (Å²) in [7, 11) is 1.68. The van der Waals surface area contributed by atoms with Gasteiger partial charge in [-0.3, -0.25) is 5.32 Å². The number of rotatable bonds is 8. The Morgan fingerprint density at radius 3 is 2.50 bits per heavy atom. The Morgan fingerprint density at radius 1 is 1.22 bits per heavy atom. The molecule has 18 heavy (non-hydrogen) atoms. The molecular weight excluding hydrogens is 226 g/mol. The van der Waals surface area contributed by atoms with Crippen molar-refractivity contribution in [3.05, 3.63) is 29.8 Å². The topological polar surface area (TPSA) is 30.5 Å². The molecule has 0 bridgehead atoms. The van der Waals surface area contributed by atoms with E-state index in [-0.39, 0.29) is 0 Å². The highest BCUT2D eigenvalue weighted by Gasteiger charge is 2.40. The molecule has 1 aromatic rings. The summed E-state index contributed by atoms with van der Waals surface area (Å²) in [4.78, 5) is 0. The molecule has 0 heterocycles. The van der Waals surface area contributed by atoms with Crippen molar-refractivity contribution in [2.45, 2.75) is 44.8 Å². The molecule has 1 saturated carbocycles. The summed E-state index contributed by atoms with van der Waals surface area (Å²) in [6.07, 6.45) is 5.10. The van der Waals surface area contributed by atoms with Gasteiger partial charge in [-0.25, -0.2) is 0 Å². The van der Waals surface area contributed by atoms with Gasteiger partial charge in [-0.05, 0) is 37.0 Å². The molecular formula is C15H23NO2. The molecule has 0 spiro atoms. The quantitative estimate of drug-likeness (QED) is 0.567. The van der Waals surface area contributed by atoms with Gasteiger partial charge in [0.15, 0.2) is 0 Å². The smallest absolute Gasteiger partial charge is 0.118 e. The lowest BCUT2D eigenvalue weighted by atomic mass is 10.1. The summed E-state index contributed by atoms with van der Waals surface area (Å²) in [6.45, 7) is 3.53. The predicted molar refractivity (Wildman–Crippen MR) is 72.7 cm³/mol. The zero-order chi connectivity index (χ0) is 12.8. The first-order chi connectivity index (χ1) is 8.78. The molecule has 1 aromatic carbocycles. The third kappa shape index (κ3) is 3.72. The normalized spacial score (nSPS) is 16.6. The minimum atomic E-state index is 0.397. The average Bonchev–Trinajstić information content (AvgIpc) is 3.16. The summed E-state index contributed by atoms with van der Waals surface area (Å²) in [5.74, 6) is 0.886. The first-order valence-corrected chi connectivity index (χ1v) is 6.74. The highest BCUT2D eigenvalue weighted by Crippen LogP contribution is 2.39. The van der Waals surface area contributed by atoms with Crippen LogP contribution in [0.3, 0.4) is 0 Å². The van der Waals surface area contributed by atoms with Gasteiger partial charge in [0.05, 0.1) is 20.4 Å². The largest absolute Gasteiger partial charge is 0.497 e. The molecule has 1 aliphatic carbocycles. The van der Waals surface area contributed by atoms with Crippen LogP contribution in [0, 0.1) is 0 Å². The van der Waals surface area contributed by atoms with Crippen LogP contribution in [0.4, 0.5) is 0 Å². The van der Waals surface area contributed by atoms with Crippen LogP contribution < -0.4 is 10.1 Å². The molecule has 0 unspecified atom stereocenters. The van der Waals surface area contributed by atoms with Gasteiger partial charge in [0.2, 0.25) is 0 Å². The van der Waals surface area contributed by atoms with E-state index in [0.29, 0.717) is 18.9 Å². The Hall–Kier alpha value is -1.06. The zero-order valence-electron chi connectivity index (χ0n) is 11.4. The zero-order valence-corrected chi connectivity index (χ0v) is 11.4. The Balaban J connectivity index is 1.65. The number of hydrogen-bond donors (Lipinski definition) is 1. The molecule has 1 fully saturated rings. The minimum Gasteiger partial charge on any atom is -0.497 e. The average molecular weight is 249 g/mol. The fraction of sp³-hybridized carbons (Fsp3) is 0.600. The predicted octanol–water partition coefficient (Wildman–Crippen LogP) is 3.09. The van der Waals surface area contributed by atoms with E-state index in [9.17, 15) is 0 Å². The van der Waals surface area contributed by atoms with Gasteiger partial charge >= 0.3 is 0 Å². The molecule has 0 aromatic heterocycles. The lowest BCUT2D eigenvalue weighted by molar-refractivity contribution is 0.0912. The molecule has 0 saturated heterocycles. The monoisotopic (exact) mass is 249 g/mol. The van der Waals surface area contributed by atoms with Crippen molar-refractivity contribution in [3.63, 3.8) is 0 Å². The van der Waals surface area contributed by atoms with Gasteiger partial charge in [0.1, 0.15) is 5.75 Å². The Morgan fingerprint density at radius 2 is 1.94 bits per heavy atom.